The second-order valence-corrected chi connectivity index (χ2v) is 9.48. The van der Waals surface area contributed by atoms with Gasteiger partial charge in [0.05, 0.1) is 12.1 Å². The Morgan fingerprint density at radius 3 is 2.24 bits per heavy atom. The van der Waals surface area contributed by atoms with Crippen molar-refractivity contribution in [3.05, 3.63) is 71.8 Å². The molecular formula is C28H36N4O6. The summed E-state index contributed by atoms with van der Waals surface area (Å²) in [6, 6.07) is 13.5. The number of nitrogens with zero attached hydrogens (tertiary/aromatic N) is 1. The molecule has 0 radical (unpaired) electrons. The first-order valence-corrected chi connectivity index (χ1v) is 12.9. The normalized spacial score (nSPS) is 17.4. The first-order valence-electron chi connectivity index (χ1n) is 12.9. The summed E-state index contributed by atoms with van der Waals surface area (Å²) in [6.07, 6.45) is 2.58. The van der Waals surface area contributed by atoms with E-state index in [9.17, 15) is 29.4 Å². The van der Waals surface area contributed by atoms with E-state index >= 15 is 0 Å². The van der Waals surface area contributed by atoms with E-state index in [1.807, 2.05) is 30.3 Å². The lowest BCUT2D eigenvalue weighted by Crippen LogP contribution is -2.61. The van der Waals surface area contributed by atoms with Crippen molar-refractivity contribution in [2.75, 3.05) is 13.1 Å². The number of aliphatic carboxylic acids is 2. The van der Waals surface area contributed by atoms with Crippen molar-refractivity contribution in [3.8, 4) is 0 Å². The maximum Gasteiger partial charge on any atom is 0.326 e. The van der Waals surface area contributed by atoms with E-state index in [4.69, 9.17) is 5.73 Å². The molecule has 1 heterocycles. The van der Waals surface area contributed by atoms with Crippen LogP contribution in [0.15, 0.2) is 60.7 Å². The quantitative estimate of drug-likeness (QED) is 0.233. The minimum absolute atomic E-state index is 0.203. The van der Waals surface area contributed by atoms with Gasteiger partial charge in [0.1, 0.15) is 12.1 Å². The van der Waals surface area contributed by atoms with Crippen LogP contribution in [0.3, 0.4) is 0 Å². The van der Waals surface area contributed by atoms with E-state index in [2.05, 4.69) is 10.6 Å². The summed E-state index contributed by atoms with van der Waals surface area (Å²) in [5, 5.41) is 25.7. The van der Waals surface area contributed by atoms with Gasteiger partial charge < -0.3 is 26.2 Å². The standard InChI is InChI=1S/C28H36N4O6/c29-16-8-7-14-21(26(34)32-17-9-15-23(32)27(35)36)30-24(28(37)38)22(18-19-10-3-1-4-11-19)31-25(33)20-12-5-2-6-13-20/h1-6,10-13,21-24,30H,7-9,14-18,29H2,(H,31,33)(H,35,36)(H,37,38)/t21-,22?,23-,24?/m0/s1. The van der Waals surface area contributed by atoms with Crippen LogP contribution in [0.5, 0.6) is 0 Å². The Balaban J connectivity index is 1.89. The van der Waals surface area contributed by atoms with Crippen LogP contribution in [-0.4, -0.2) is 76.1 Å². The van der Waals surface area contributed by atoms with Gasteiger partial charge in [-0.05, 0) is 56.3 Å². The van der Waals surface area contributed by atoms with Crippen LogP contribution in [0.2, 0.25) is 0 Å². The van der Waals surface area contributed by atoms with Gasteiger partial charge in [-0.2, -0.15) is 0 Å². The fourth-order valence-electron chi connectivity index (χ4n) is 4.80. The third-order valence-corrected chi connectivity index (χ3v) is 6.77. The molecule has 10 heteroatoms. The molecule has 2 unspecified atom stereocenters. The number of hydrogen-bond donors (Lipinski definition) is 5. The summed E-state index contributed by atoms with van der Waals surface area (Å²) in [4.78, 5) is 52.2. The van der Waals surface area contributed by atoms with Gasteiger partial charge in [0.2, 0.25) is 5.91 Å². The summed E-state index contributed by atoms with van der Waals surface area (Å²) < 4.78 is 0. The summed E-state index contributed by atoms with van der Waals surface area (Å²) in [6.45, 7) is 0.704. The number of carboxylic acids is 2. The van der Waals surface area contributed by atoms with E-state index in [0.717, 1.165) is 5.56 Å². The average Bonchev–Trinajstić information content (AvgIpc) is 3.41. The summed E-state index contributed by atoms with van der Waals surface area (Å²) in [5.74, 6) is -3.20. The van der Waals surface area contributed by atoms with Crippen molar-refractivity contribution >= 4 is 23.8 Å². The minimum Gasteiger partial charge on any atom is -0.480 e. The molecule has 0 saturated carbocycles. The molecule has 1 fully saturated rings. The Kier molecular flexibility index (Phi) is 10.8. The second kappa shape index (κ2) is 14.3. The van der Waals surface area contributed by atoms with Gasteiger partial charge in [-0.3, -0.25) is 19.7 Å². The summed E-state index contributed by atoms with van der Waals surface area (Å²) in [5.41, 5.74) is 6.83. The molecule has 0 spiro atoms. The smallest absolute Gasteiger partial charge is 0.326 e. The number of nitrogens with two attached hydrogens (primary N) is 1. The highest BCUT2D eigenvalue weighted by molar-refractivity contribution is 5.95. The lowest BCUT2D eigenvalue weighted by molar-refractivity contribution is -0.150. The lowest BCUT2D eigenvalue weighted by Gasteiger charge is -2.32. The Bertz CT molecular complexity index is 1080. The highest BCUT2D eigenvalue weighted by atomic mass is 16.4. The second-order valence-electron chi connectivity index (χ2n) is 9.48. The Morgan fingerprint density at radius 1 is 0.974 bits per heavy atom. The molecule has 204 valence electrons. The molecule has 0 aromatic heterocycles. The van der Waals surface area contributed by atoms with Crippen LogP contribution in [-0.2, 0) is 20.8 Å². The molecule has 1 aliphatic heterocycles. The van der Waals surface area contributed by atoms with Crippen LogP contribution < -0.4 is 16.4 Å². The van der Waals surface area contributed by atoms with Gasteiger partial charge in [0.15, 0.2) is 0 Å². The maximum absolute atomic E-state index is 13.5. The number of nitrogens with one attached hydrogen (secondary N) is 2. The number of carbonyl (C=O) groups is 4. The first kappa shape index (κ1) is 28.8. The molecule has 2 amide bonds. The van der Waals surface area contributed by atoms with Crippen LogP contribution in [0.4, 0.5) is 0 Å². The molecule has 0 aliphatic carbocycles. The number of hydrogen-bond acceptors (Lipinski definition) is 6. The highest BCUT2D eigenvalue weighted by Crippen LogP contribution is 2.21. The van der Waals surface area contributed by atoms with Gasteiger partial charge in [0, 0.05) is 12.1 Å². The van der Waals surface area contributed by atoms with Gasteiger partial charge >= 0.3 is 11.9 Å². The monoisotopic (exact) mass is 524 g/mol. The van der Waals surface area contributed by atoms with E-state index < -0.39 is 47.9 Å². The summed E-state index contributed by atoms with van der Waals surface area (Å²) in [7, 11) is 0. The Labute approximate surface area is 222 Å². The topological polar surface area (TPSA) is 162 Å². The maximum atomic E-state index is 13.5. The highest BCUT2D eigenvalue weighted by Gasteiger charge is 2.40. The molecular weight excluding hydrogens is 488 g/mol. The third kappa shape index (κ3) is 7.87. The molecule has 3 rings (SSSR count). The number of amides is 2. The Morgan fingerprint density at radius 2 is 1.63 bits per heavy atom. The SMILES string of the molecule is NCCCC[C@H](NC(C(=O)O)C(Cc1ccccc1)NC(=O)c1ccccc1)C(=O)N1CCC[C@H]1C(=O)O. The Hall–Kier alpha value is -3.76. The summed E-state index contributed by atoms with van der Waals surface area (Å²) >= 11 is 0. The number of likely N-dealkylation sites (tertiary alicyclic amines) is 1. The molecule has 4 atom stereocenters. The molecule has 2 aromatic rings. The fourth-order valence-corrected chi connectivity index (χ4v) is 4.80. The molecule has 2 aromatic carbocycles. The number of benzene rings is 2. The first-order chi connectivity index (χ1) is 18.3. The van der Waals surface area contributed by atoms with Crippen molar-refractivity contribution in [2.24, 2.45) is 5.73 Å². The molecule has 0 bridgehead atoms. The van der Waals surface area contributed by atoms with E-state index in [1.54, 1.807) is 30.3 Å². The van der Waals surface area contributed by atoms with Crippen LogP contribution in [0.25, 0.3) is 0 Å². The van der Waals surface area contributed by atoms with Gasteiger partial charge in [-0.15, -0.1) is 0 Å². The molecule has 1 saturated heterocycles. The molecule has 1 aliphatic rings. The minimum atomic E-state index is -1.32. The average molecular weight is 525 g/mol. The lowest BCUT2D eigenvalue weighted by atomic mass is 9.96. The van der Waals surface area contributed by atoms with Crippen LogP contribution in [0, 0.1) is 0 Å². The predicted octanol–water partition coefficient (Wildman–Crippen LogP) is 1.64. The largest absolute Gasteiger partial charge is 0.480 e. The zero-order valence-electron chi connectivity index (χ0n) is 21.3. The zero-order chi connectivity index (χ0) is 27.5. The van der Waals surface area contributed by atoms with Gasteiger partial charge in [-0.25, -0.2) is 4.79 Å². The number of unbranched alkanes of at least 4 members (excludes halogenated alkanes) is 1. The van der Waals surface area contributed by atoms with Gasteiger partial charge in [0.25, 0.3) is 5.91 Å². The zero-order valence-corrected chi connectivity index (χ0v) is 21.3. The van der Waals surface area contributed by atoms with Gasteiger partial charge in [-0.1, -0.05) is 55.0 Å². The van der Waals surface area contributed by atoms with E-state index in [1.165, 1.54) is 4.90 Å². The van der Waals surface area contributed by atoms with Crippen molar-refractivity contribution in [1.29, 1.82) is 0 Å². The van der Waals surface area contributed by atoms with Crippen LogP contribution >= 0.6 is 0 Å². The van der Waals surface area contributed by atoms with Crippen molar-refractivity contribution in [1.82, 2.24) is 15.5 Å². The van der Waals surface area contributed by atoms with Crippen molar-refractivity contribution in [3.63, 3.8) is 0 Å². The predicted molar refractivity (Wildman–Crippen MR) is 141 cm³/mol. The fraction of sp³-hybridized carbons (Fsp3) is 0.429. The van der Waals surface area contributed by atoms with E-state index in [-0.39, 0.29) is 12.8 Å². The molecule has 6 N–H and O–H groups in total. The molecule has 38 heavy (non-hydrogen) atoms. The van der Waals surface area contributed by atoms with E-state index in [0.29, 0.717) is 44.3 Å². The number of carboxylic acid groups (broad SMARTS) is 2. The van der Waals surface area contributed by atoms with Crippen LogP contribution in [0.1, 0.15) is 48.0 Å². The molecule has 10 nitrogen and oxygen atoms in total. The van der Waals surface area contributed by atoms with Crippen molar-refractivity contribution < 1.29 is 29.4 Å². The van der Waals surface area contributed by atoms with Crippen molar-refractivity contribution in [2.45, 2.75) is 62.7 Å². The number of rotatable bonds is 14. The third-order valence-electron chi connectivity index (χ3n) is 6.77. The number of carbonyl (C=O) groups excluding carboxylic acids is 2.